The number of hydrogen-bond donors (Lipinski definition) is 2. The minimum Gasteiger partial charge on any atom is -0.325 e. The molecule has 2 aliphatic rings. The van der Waals surface area contributed by atoms with Crippen molar-refractivity contribution >= 4 is 79.2 Å². The Balaban J connectivity index is 1.33. The number of benzene rings is 2. The molecule has 2 aromatic carbocycles. The van der Waals surface area contributed by atoms with Gasteiger partial charge >= 0.3 is 4.87 Å². The van der Waals surface area contributed by atoms with Crippen LogP contribution >= 0.6 is 34.4 Å². The standard InChI is InChI=1S/C26H19N5O8S4/c27-43(38,39)16-9-3-13(4-10-16)28-18(32)12-29-25-22(42-26(29)35)19(17-2-1-11-40-17)20-21(41-25)24(34)30(23(20)33)14-5-7-15(8-6-14)31(36)37/h1-11,19-21H,12H2,(H,28,32)(H2,27,38,39)/t19-,20-,21+/m0/s1. The first kappa shape index (κ1) is 28.9. The second kappa shape index (κ2) is 10.8. The van der Waals surface area contributed by atoms with E-state index in [1.807, 2.05) is 11.4 Å². The Labute approximate surface area is 255 Å². The highest BCUT2D eigenvalue weighted by atomic mass is 32.2. The van der Waals surface area contributed by atoms with Gasteiger partial charge in [-0.2, -0.15) is 0 Å². The Morgan fingerprint density at radius 2 is 1.72 bits per heavy atom. The maximum Gasteiger partial charge on any atom is 0.308 e. The molecule has 43 heavy (non-hydrogen) atoms. The summed E-state index contributed by atoms with van der Waals surface area (Å²) >= 11 is 3.33. The number of imide groups is 1. The number of anilines is 2. The average Bonchev–Trinajstić information content (AvgIpc) is 3.66. The van der Waals surface area contributed by atoms with E-state index in [1.165, 1.54) is 64.4 Å². The molecule has 0 saturated carbocycles. The molecule has 0 unspecified atom stereocenters. The molecule has 13 nitrogen and oxygen atoms in total. The van der Waals surface area contributed by atoms with Gasteiger partial charge in [-0.3, -0.25) is 33.9 Å². The Hall–Kier alpha value is -4.16. The quantitative estimate of drug-likeness (QED) is 0.171. The summed E-state index contributed by atoms with van der Waals surface area (Å²) in [6, 6.07) is 14.0. The van der Waals surface area contributed by atoms with Crippen molar-refractivity contribution in [2.24, 2.45) is 11.1 Å². The van der Waals surface area contributed by atoms with Crippen molar-refractivity contribution in [3.8, 4) is 0 Å². The van der Waals surface area contributed by atoms with Crippen LogP contribution in [0.4, 0.5) is 17.1 Å². The summed E-state index contributed by atoms with van der Waals surface area (Å²) in [5.41, 5.74) is 0.305. The summed E-state index contributed by atoms with van der Waals surface area (Å²) in [5, 5.41) is 20.2. The van der Waals surface area contributed by atoms with Crippen molar-refractivity contribution in [1.29, 1.82) is 0 Å². The number of carbonyl (C=O) groups is 3. The number of non-ortho nitro benzene ring substituents is 1. The number of nitrogens with one attached hydrogen (secondary N) is 1. The second-order valence-electron chi connectivity index (χ2n) is 9.58. The van der Waals surface area contributed by atoms with E-state index >= 15 is 0 Å². The highest BCUT2D eigenvalue weighted by molar-refractivity contribution is 8.00. The lowest BCUT2D eigenvalue weighted by Gasteiger charge is -2.29. The molecule has 2 aliphatic heterocycles. The smallest absolute Gasteiger partial charge is 0.308 e. The van der Waals surface area contributed by atoms with Gasteiger partial charge in [0.15, 0.2) is 0 Å². The van der Waals surface area contributed by atoms with Crippen LogP contribution in [0.15, 0.2) is 80.8 Å². The number of thiazole rings is 1. The highest BCUT2D eigenvalue weighted by Crippen LogP contribution is 2.54. The topological polar surface area (TPSA) is 192 Å². The van der Waals surface area contributed by atoms with E-state index in [0.717, 1.165) is 32.9 Å². The molecule has 3 N–H and O–H groups in total. The van der Waals surface area contributed by atoms with Gasteiger partial charge in [0, 0.05) is 33.5 Å². The zero-order chi connectivity index (χ0) is 30.6. The van der Waals surface area contributed by atoms with Gasteiger partial charge in [-0.1, -0.05) is 29.2 Å². The summed E-state index contributed by atoms with van der Waals surface area (Å²) in [4.78, 5) is 66.0. The minimum absolute atomic E-state index is 0.127. The fourth-order valence-corrected chi connectivity index (χ4v) is 9.32. The molecule has 0 aliphatic carbocycles. The van der Waals surface area contributed by atoms with Crippen LogP contribution in [0.2, 0.25) is 0 Å². The number of thiophene rings is 1. The normalized spacial score (nSPS) is 19.7. The summed E-state index contributed by atoms with van der Waals surface area (Å²) in [6.07, 6.45) is 0. The number of nitrogens with two attached hydrogens (primary N) is 1. The summed E-state index contributed by atoms with van der Waals surface area (Å²) in [6.45, 7) is -0.392. The van der Waals surface area contributed by atoms with Crippen molar-refractivity contribution < 1.29 is 27.7 Å². The fourth-order valence-electron chi connectivity index (χ4n) is 5.08. The molecule has 4 aromatic rings. The van der Waals surface area contributed by atoms with Gasteiger partial charge in [0.2, 0.25) is 27.7 Å². The van der Waals surface area contributed by atoms with Crippen molar-refractivity contribution in [3.63, 3.8) is 0 Å². The van der Waals surface area contributed by atoms with E-state index in [4.69, 9.17) is 5.14 Å². The molecular formula is C26H19N5O8S4. The number of sulfonamides is 1. The number of nitrogens with zero attached hydrogens (tertiary/aromatic N) is 3. The third kappa shape index (κ3) is 5.18. The molecule has 17 heteroatoms. The van der Waals surface area contributed by atoms with Crippen molar-refractivity contribution in [1.82, 2.24) is 4.57 Å². The van der Waals surface area contributed by atoms with Crippen LogP contribution in [0.1, 0.15) is 15.7 Å². The van der Waals surface area contributed by atoms with Gasteiger partial charge in [0.25, 0.3) is 5.69 Å². The predicted molar refractivity (Wildman–Crippen MR) is 160 cm³/mol. The molecule has 2 aromatic heterocycles. The number of thioether (sulfide) groups is 1. The number of nitro benzene ring substituents is 1. The largest absolute Gasteiger partial charge is 0.325 e. The molecule has 0 bridgehead atoms. The first-order valence-corrected chi connectivity index (χ1v) is 16.5. The Morgan fingerprint density at radius 1 is 1.02 bits per heavy atom. The van der Waals surface area contributed by atoms with Gasteiger partial charge < -0.3 is 5.32 Å². The van der Waals surface area contributed by atoms with Gasteiger partial charge in [-0.25, -0.2) is 18.5 Å². The first-order chi connectivity index (χ1) is 20.4. The summed E-state index contributed by atoms with van der Waals surface area (Å²) < 4.78 is 24.3. The number of nitro groups is 1. The molecule has 220 valence electrons. The molecule has 1 saturated heterocycles. The summed E-state index contributed by atoms with van der Waals surface area (Å²) in [5.74, 6) is -3.02. The molecule has 3 atom stereocenters. The van der Waals surface area contributed by atoms with Gasteiger partial charge in [0.05, 0.1) is 26.5 Å². The number of primary sulfonamides is 1. The highest BCUT2D eigenvalue weighted by Gasteiger charge is 2.57. The molecule has 0 radical (unpaired) electrons. The van der Waals surface area contributed by atoms with E-state index in [2.05, 4.69) is 5.32 Å². The zero-order valence-electron chi connectivity index (χ0n) is 21.6. The lowest BCUT2D eigenvalue weighted by atomic mass is 9.87. The molecule has 4 heterocycles. The second-order valence-corrected chi connectivity index (χ2v) is 14.2. The van der Waals surface area contributed by atoms with E-state index < -0.39 is 61.2 Å². The van der Waals surface area contributed by atoms with E-state index in [0.29, 0.717) is 9.90 Å². The predicted octanol–water partition coefficient (Wildman–Crippen LogP) is 2.96. The van der Waals surface area contributed by atoms with Crippen LogP contribution in [0, 0.1) is 16.0 Å². The van der Waals surface area contributed by atoms with Crippen LogP contribution in [0.5, 0.6) is 0 Å². The minimum atomic E-state index is -3.91. The number of hydrogen-bond acceptors (Lipinski definition) is 11. The average molecular weight is 658 g/mol. The fraction of sp³-hybridized carbons (Fsp3) is 0.154. The monoisotopic (exact) mass is 657 g/mol. The van der Waals surface area contributed by atoms with Gasteiger partial charge in [-0.05, 0) is 47.8 Å². The number of carbonyl (C=O) groups excluding carboxylic acids is 3. The molecular weight excluding hydrogens is 639 g/mol. The zero-order valence-corrected chi connectivity index (χ0v) is 24.9. The third-order valence-corrected chi connectivity index (χ3v) is 11.5. The number of rotatable bonds is 7. The van der Waals surface area contributed by atoms with Crippen molar-refractivity contribution in [2.75, 3.05) is 10.2 Å². The Morgan fingerprint density at radius 3 is 2.33 bits per heavy atom. The summed E-state index contributed by atoms with van der Waals surface area (Å²) in [7, 11) is -3.91. The molecule has 6 rings (SSSR count). The number of fused-ring (bicyclic) bond motifs is 2. The van der Waals surface area contributed by atoms with Crippen molar-refractivity contribution in [2.45, 2.75) is 27.6 Å². The Kier molecular flexibility index (Phi) is 7.29. The SMILES string of the molecule is NS(=O)(=O)c1ccc(NC(=O)Cn2c3c(sc2=O)[C@@H](c2cccs2)[C@@H]2C(=O)N(c4ccc([N+](=O)[O-])cc4)C(=O)[C@@H]2S3)cc1. The van der Waals surface area contributed by atoms with Gasteiger partial charge in [-0.15, -0.1) is 11.3 Å². The molecule has 0 spiro atoms. The third-order valence-electron chi connectivity index (χ3n) is 6.99. The molecule has 1 fully saturated rings. The van der Waals surface area contributed by atoms with Gasteiger partial charge in [0.1, 0.15) is 11.8 Å². The number of amides is 3. The maximum atomic E-state index is 13.8. The van der Waals surface area contributed by atoms with E-state index in [9.17, 15) is 37.7 Å². The Bertz CT molecular complexity index is 1950. The lowest BCUT2D eigenvalue weighted by molar-refractivity contribution is -0.384. The van der Waals surface area contributed by atoms with Crippen LogP contribution in [-0.2, 0) is 31.0 Å². The first-order valence-electron chi connectivity index (χ1n) is 12.4. The van der Waals surface area contributed by atoms with Crippen molar-refractivity contribution in [3.05, 3.63) is 95.6 Å². The van der Waals surface area contributed by atoms with Crippen LogP contribution in [0.25, 0.3) is 0 Å². The molecule has 3 amide bonds. The van der Waals surface area contributed by atoms with Crippen LogP contribution in [0.3, 0.4) is 0 Å². The van der Waals surface area contributed by atoms with Crippen LogP contribution < -0.4 is 20.2 Å². The van der Waals surface area contributed by atoms with E-state index in [-0.39, 0.29) is 22.0 Å². The van der Waals surface area contributed by atoms with Crippen LogP contribution in [-0.4, -0.2) is 40.9 Å². The lowest BCUT2D eigenvalue weighted by Crippen LogP contribution is -2.32. The van der Waals surface area contributed by atoms with E-state index in [1.54, 1.807) is 6.07 Å². The number of aromatic nitrogens is 1. The maximum absolute atomic E-state index is 13.8.